The van der Waals surface area contributed by atoms with Crippen molar-refractivity contribution < 1.29 is 13.9 Å². The zero-order valence-electron chi connectivity index (χ0n) is 8.79. The van der Waals surface area contributed by atoms with Crippen LogP contribution >= 0.6 is 0 Å². The average Bonchev–Trinajstić information content (AvgIpc) is 2.23. The van der Waals surface area contributed by atoms with Gasteiger partial charge in [-0.15, -0.1) is 0 Å². The van der Waals surface area contributed by atoms with Gasteiger partial charge in [0.15, 0.2) is 0 Å². The average molecular weight is 211 g/mol. The Morgan fingerprint density at radius 3 is 2.87 bits per heavy atom. The van der Waals surface area contributed by atoms with Crippen LogP contribution in [-0.2, 0) is 16.0 Å². The van der Waals surface area contributed by atoms with Gasteiger partial charge in [-0.25, -0.2) is 4.39 Å². The minimum atomic E-state index is -0.740. The van der Waals surface area contributed by atoms with Gasteiger partial charge in [0.1, 0.15) is 11.9 Å². The van der Waals surface area contributed by atoms with Gasteiger partial charge in [-0.1, -0.05) is 12.1 Å². The molecule has 2 N–H and O–H groups in total. The molecule has 0 spiro atoms. The second-order valence-electron chi connectivity index (χ2n) is 3.36. The Bertz CT molecular complexity index is 366. The number of nitrogens with two attached hydrogens (primary N) is 1. The standard InChI is InChI=1S/C11H14FNO2/c1-7-8(4-3-5-9(7)12)6-10(13)11(14)15-2/h3-5,10H,6,13H2,1-2H3/t10-/m1/s1. The van der Waals surface area contributed by atoms with E-state index in [1.807, 2.05) is 0 Å². The molecule has 0 radical (unpaired) electrons. The fourth-order valence-electron chi connectivity index (χ4n) is 1.34. The first-order chi connectivity index (χ1) is 7.06. The number of hydrogen-bond donors (Lipinski definition) is 1. The second kappa shape index (κ2) is 4.89. The summed E-state index contributed by atoms with van der Waals surface area (Å²) in [5, 5.41) is 0. The van der Waals surface area contributed by atoms with E-state index in [4.69, 9.17) is 5.73 Å². The van der Waals surface area contributed by atoms with E-state index >= 15 is 0 Å². The van der Waals surface area contributed by atoms with Crippen LogP contribution in [0.25, 0.3) is 0 Å². The van der Waals surface area contributed by atoms with Crippen LogP contribution in [0.15, 0.2) is 18.2 Å². The van der Waals surface area contributed by atoms with Crippen molar-refractivity contribution in [2.75, 3.05) is 7.11 Å². The quantitative estimate of drug-likeness (QED) is 0.764. The molecule has 1 rings (SSSR count). The topological polar surface area (TPSA) is 52.3 Å². The van der Waals surface area contributed by atoms with Crippen molar-refractivity contribution in [1.82, 2.24) is 0 Å². The Morgan fingerprint density at radius 1 is 1.60 bits per heavy atom. The molecule has 0 aliphatic carbocycles. The van der Waals surface area contributed by atoms with Crippen molar-refractivity contribution in [3.8, 4) is 0 Å². The van der Waals surface area contributed by atoms with Crippen molar-refractivity contribution in [3.63, 3.8) is 0 Å². The lowest BCUT2D eigenvalue weighted by atomic mass is 10.0. The molecule has 4 heteroatoms. The van der Waals surface area contributed by atoms with Crippen LogP contribution in [0.1, 0.15) is 11.1 Å². The summed E-state index contributed by atoms with van der Waals surface area (Å²) < 4.78 is 17.7. The number of halogens is 1. The maximum Gasteiger partial charge on any atom is 0.322 e. The first-order valence-corrected chi connectivity index (χ1v) is 4.63. The molecule has 3 nitrogen and oxygen atoms in total. The molecule has 0 aliphatic heterocycles. The third-order valence-electron chi connectivity index (χ3n) is 2.32. The summed E-state index contributed by atoms with van der Waals surface area (Å²) in [7, 11) is 1.28. The molecule has 0 fully saturated rings. The highest BCUT2D eigenvalue weighted by atomic mass is 19.1. The lowest BCUT2D eigenvalue weighted by molar-refractivity contribution is -0.142. The Labute approximate surface area is 88.0 Å². The molecular weight excluding hydrogens is 197 g/mol. The van der Waals surface area contributed by atoms with Gasteiger partial charge in [0.05, 0.1) is 7.11 Å². The molecule has 0 bridgehead atoms. The van der Waals surface area contributed by atoms with E-state index < -0.39 is 12.0 Å². The lowest BCUT2D eigenvalue weighted by Crippen LogP contribution is -2.33. The number of hydrogen-bond acceptors (Lipinski definition) is 3. The minimum Gasteiger partial charge on any atom is -0.468 e. The van der Waals surface area contributed by atoms with Crippen LogP contribution in [0.3, 0.4) is 0 Å². The molecule has 1 atom stereocenters. The lowest BCUT2D eigenvalue weighted by Gasteiger charge is -2.11. The van der Waals surface area contributed by atoms with Crippen LogP contribution in [0, 0.1) is 12.7 Å². The Balaban J connectivity index is 2.81. The van der Waals surface area contributed by atoms with Gasteiger partial charge in [0, 0.05) is 0 Å². The van der Waals surface area contributed by atoms with Crippen molar-refractivity contribution in [2.45, 2.75) is 19.4 Å². The van der Waals surface area contributed by atoms with Gasteiger partial charge in [-0.3, -0.25) is 4.79 Å². The van der Waals surface area contributed by atoms with E-state index in [2.05, 4.69) is 4.74 Å². The monoisotopic (exact) mass is 211 g/mol. The van der Waals surface area contributed by atoms with Crippen LogP contribution in [0.4, 0.5) is 4.39 Å². The molecule has 0 unspecified atom stereocenters. The molecule has 15 heavy (non-hydrogen) atoms. The largest absolute Gasteiger partial charge is 0.468 e. The summed E-state index contributed by atoms with van der Waals surface area (Å²) in [6, 6.07) is 3.99. The first kappa shape index (κ1) is 11.7. The normalized spacial score (nSPS) is 12.3. The second-order valence-corrected chi connectivity index (χ2v) is 3.36. The van der Waals surface area contributed by atoms with E-state index in [9.17, 15) is 9.18 Å². The number of methoxy groups -OCH3 is 1. The van der Waals surface area contributed by atoms with Gasteiger partial charge in [0.25, 0.3) is 0 Å². The van der Waals surface area contributed by atoms with E-state index in [1.165, 1.54) is 13.2 Å². The van der Waals surface area contributed by atoms with E-state index in [-0.39, 0.29) is 12.2 Å². The molecule has 1 aromatic carbocycles. The van der Waals surface area contributed by atoms with Crippen LogP contribution < -0.4 is 5.73 Å². The summed E-state index contributed by atoms with van der Waals surface area (Å²) in [6.07, 6.45) is 0.288. The molecule has 0 saturated carbocycles. The molecule has 0 saturated heterocycles. The Kier molecular flexibility index (Phi) is 3.80. The molecule has 0 amide bonds. The number of esters is 1. The SMILES string of the molecule is COC(=O)[C@H](N)Cc1cccc(F)c1C. The minimum absolute atomic E-state index is 0.287. The van der Waals surface area contributed by atoms with Gasteiger partial charge >= 0.3 is 5.97 Å². The number of rotatable bonds is 3. The molecule has 0 aromatic heterocycles. The maximum atomic E-state index is 13.2. The highest BCUT2D eigenvalue weighted by molar-refractivity contribution is 5.75. The molecule has 1 aromatic rings. The van der Waals surface area contributed by atoms with Crippen molar-refractivity contribution in [2.24, 2.45) is 5.73 Å². The van der Waals surface area contributed by atoms with E-state index in [0.717, 1.165) is 5.56 Å². The summed E-state index contributed by atoms with van der Waals surface area (Å²) in [6.45, 7) is 1.66. The van der Waals surface area contributed by atoms with Crippen molar-refractivity contribution in [3.05, 3.63) is 35.1 Å². The summed E-state index contributed by atoms with van der Waals surface area (Å²) in [5.41, 5.74) is 6.84. The van der Waals surface area contributed by atoms with Crippen LogP contribution in [-0.4, -0.2) is 19.1 Å². The number of carbonyl (C=O) groups excluding carboxylic acids is 1. The van der Waals surface area contributed by atoms with E-state index in [0.29, 0.717) is 5.56 Å². The third-order valence-corrected chi connectivity index (χ3v) is 2.32. The summed E-state index contributed by atoms with van der Waals surface area (Å²) in [5.74, 6) is -0.775. The maximum absolute atomic E-state index is 13.2. The van der Waals surface area contributed by atoms with Gasteiger partial charge in [-0.2, -0.15) is 0 Å². The molecule has 0 heterocycles. The highest BCUT2D eigenvalue weighted by Gasteiger charge is 2.15. The zero-order chi connectivity index (χ0) is 11.4. The van der Waals surface area contributed by atoms with Gasteiger partial charge in [-0.05, 0) is 30.5 Å². The van der Waals surface area contributed by atoms with Gasteiger partial charge in [0.2, 0.25) is 0 Å². The third kappa shape index (κ3) is 2.76. The molecule has 0 aliphatic rings. The fourth-order valence-corrected chi connectivity index (χ4v) is 1.34. The number of benzene rings is 1. The molecule has 82 valence electrons. The summed E-state index contributed by atoms with van der Waals surface area (Å²) in [4.78, 5) is 11.1. The Morgan fingerprint density at radius 2 is 2.27 bits per heavy atom. The predicted octanol–water partition coefficient (Wildman–Crippen LogP) is 1.18. The van der Waals surface area contributed by atoms with Crippen molar-refractivity contribution in [1.29, 1.82) is 0 Å². The Hall–Kier alpha value is -1.42. The molecular formula is C11H14FNO2. The smallest absolute Gasteiger partial charge is 0.322 e. The zero-order valence-corrected chi connectivity index (χ0v) is 8.79. The van der Waals surface area contributed by atoms with Crippen molar-refractivity contribution >= 4 is 5.97 Å². The highest BCUT2D eigenvalue weighted by Crippen LogP contribution is 2.13. The van der Waals surface area contributed by atoms with Crippen LogP contribution in [0.5, 0.6) is 0 Å². The number of carbonyl (C=O) groups is 1. The predicted molar refractivity (Wildman–Crippen MR) is 54.8 cm³/mol. The van der Waals surface area contributed by atoms with Gasteiger partial charge < -0.3 is 10.5 Å². The number of ether oxygens (including phenoxy) is 1. The van der Waals surface area contributed by atoms with Crippen LogP contribution in [0.2, 0.25) is 0 Å². The fraction of sp³-hybridized carbons (Fsp3) is 0.364. The summed E-state index contributed by atoms with van der Waals surface area (Å²) >= 11 is 0. The first-order valence-electron chi connectivity index (χ1n) is 4.63. The van der Waals surface area contributed by atoms with E-state index in [1.54, 1.807) is 19.1 Å².